The number of fused-ring (bicyclic) bond motifs is 3. The van der Waals surface area contributed by atoms with Gasteiger partial charge in [0.05, 0.1) is 11.7 Å². The Bertz CT molecular complexity index is 704. The van der Waals surface area contributed by atoms with Crippen LogP contribution in [-0.4, -0.2) is 39.2 Å². The fraction of sp³-hybridized carbons (Fsp3) is 0.684. The first-order chi connectivity index (χ1) is 12.3. The van der Waals surface area contributed by atoms with Gasteiger partial charge in [0.25, 0.3) is 0 Å². The van der Waals surface area contributed by atoms with Crippen LogP contribution < -0.4 is 11.0 Å². The zero-order valence-electron chi connectivity index (χ0n) is 15.0. The predicted octanol–water partition coefficient (Wildman–Crippen LogP) is 2.63. The van der Waals surface area contributed by atoms with Crippen LogP contribution in [0.1, 0.15) is 50.8 Å². The lowest BCUT2D eigenvalue weighted by molar-refractivity contribution is 0.182. The molecule has 0 bridgehead atoms. The maximum Gasteiger partial charge on any atom is 0.162 e. The Hall–Kier alpha value is -1.66. The zero-order valence-corrected chi connectivity index (χ0v) is 15.0. The smallest absolute Gasteiger partial charge is 0.162 e. The summed E-state index contributed by atoms with van der Waals surface area (Å²) in [6.07, 6.45) is 10.4. The molecule has 0 radical (unpaired) electrons. The maximum absolute atomic E-state index is 4.41. The van der Waals surface area contributed by atoms with Crippen molar-refractivity contribution in [1.82, 2.24) is 25.0 Å². The van der Waals surface area contributed by atoms with Crippen molar-refractivity contribution in [2.45, 2.75) is 45.1 Å². The summed E-state index contributed by atoms with van der Waals surface area (Å²) in [6.45, 7) is 6.33. The van der Waals surface area contributed by atoms with E-state index < -0.39 is 0 Å². The van der Waals surface area contributed by atoms with Crippen molar-refractivity contribution in [2.75, 3.05) is 25.2 Å². The van der Waals surface area contributed by atoms with E-state index in [1.54, 1.807) is 0 Å². The molecule has 134 valence electrons. The Labute approximate surface area is 149 Å². The SMILES string of the molecule is CC1CCN(CC2CCC(C3NNn4cnc5nccc-5c43)CC2)C1. The van der Waals surface area contributed by atoms with Gasteiger partial charge in [-0.05, 0) is 62.5 Å². The summed E-state index contributed by atoms with van der Waals surface area (Å²) in [7, 11) is 0. The van der Waals surface area contributed by atoms with Gasteiger partial charge in [0.1, 0.15) is 6.33 Å². The normalized spacial score (nSPS) is 32.8. The molecule has 1 aliphatic carbocycles. The molecule has 1 saturated heterocycles. The van der Waals surface area contributed by atoms with Gasteiger partial charge in [-0.15, -0.1) is 0 Å². The summed E-state index contributed by atoms with van der Waals surface area (Å²) in [4.78, 5) is 11.5. The molecule has 0 aromatic rings. The Kier molecular flexibility index (Phi) is 3.90. The second-order valence-electron chi connectivity index (χ2n) is 8.35. The lowest BCUT2D eigenvalue weighted by Crippen LogP contribution is -2.33. The van der Waals surface area contributed by atoms with Gasteiger partial charge in [-0.2, -0.15) is 0 Å². The fourth-order valence-electron chi connectivity index (χ4n) is 5.15. The average Bonchev–Trinajstić information content (AvgIpc) is 3.34. The second kappa shape index (κ2) is 6.25. The molecular formula is C19H28N6. The molecule has 2 fully saturated rings. The lowest BCUT2D eigenvalue weighted by Gasteiger charge is -2.33. The first-order valence-corrected chi connectivity index (χ1v) is 9.84. The van der Waals surface area contributed by atoms with Crippen molar-refractivity contribution in [3.63, 3.8) is 0 Å². The summed E-state index contributed by atoms with van der Waals surface area (Å²) in [5.74, 6) is 3.34. The minimum absolute atomic E-state index is 0.363. The molecule has 2 unspecified atom stereocenters. The molecule has 0 aromatic heterocycles. The van der Waals surface area contributed by atoms with E-state index in [2.05, 4.69) is 38.8 Å². The molecule has 2 N–H and O–H groups in total. The highest BCUT2D eigenvalue weighted by Crippen LogP contribution is 2.41. The minimum Gasteiger partial charge on any atom is -0.303 e. The molecule has 4 heterocycles. The Morgan fingerprint density at radius 3 is 2.84 bits per heavy atom. The van der Waals surface area contributed by atoms with E-state index in [0.29, 0.717) is 12.0 Å². The molecule has 25 heavy (non-hydrogen) atoms. The quantitative estimate of drug-likeness (QED) is 0.899. The fourth-order valence-corrected chi connectivity index (χ4v) is 5.15. The Morgan fingerprint density at radius 2 is 2.04 bits per heavy atom. The van der Waals surface area contributed by atoms with Crippen LogP contribution in [0.4, 0.5) is 0 Å². The van der Waals surface area contributed by atoms with Crippen LogP contribution in [0.5, 0.6) is 0 Å². The summed E-state index contributed by atoms with van der Waals surface area (Å²) >= 11 is 0. The number of nitrogens with one attached hydrogen (secondary N) is 2. The third-order valence-corrected chi connectivity index (χ3v) is 6.53. The first kappa shape index (κ1) is 15.6. The predicted molar refractivity (Wildman–Crippen MR) is 97.6 cm³/mol. The summed E-state index contributed by atoms with van der Waals surface area (Å²) in [5, 5.41) is 0. The number of nitrogens with zero attached hydrogens (tertiary/aromatic N) is 4. The van der Waals surface area contributed by atoms with E-state index in [9.17, 15) is 0 Å². The number of likely N-dealkylation sites (tertiary alicyclic amines) is 1. The van der Waals surface area contributed by atoms with Crippen LogP contribution in [0, 0.1) is 17.8 Å². The molecule has 0 aromatic carbocycles. The topological polar surface area (TPSA) is 58.0 Å². The van der Waals surface area contributed by atoms with Crippen molar-refractivity contribution in [2.24, 2.45) is 17.8 Å². The third kappa shape index (κ3) is 2.81. The highest BCUT2D eigenvalue weighted by atomic mass is 15.7. The lowest BCUT2D eigenvalue weighted by atomic mass is 9.77. The van der Waals surface area contributed by atoms with Gasteiger partial charge in [0.15, 0.2) is 5.82 Å². The van der Waals surface area contributed by atoms with Crippen LogP contribution in [-0.2, 0) is 0 Å². The van der Waals surface area contributed by atoms with E-state index in [0.717, 1.165) is 17.7 Å². The molecule has 4 aliphatic heterocycles. The van der Waals surface area contributed by atoms with Crippen molar-refractivity contribution in [3.8, 4) is 11.4 Å². The number of hydrazine groups is 1. The summed E-state index contributed by atoms with van der Waals surface area (Å²) < 4.78 is 2.03. The van der Waals surface area contributed by atoms with Crippen LogP contribution in [0.15, 0.2) is 18.6 Å². The van der Waals surface area contributed by atoms with Gasteiger partial charge < -0.3 is 4.90 Å². The average molecular weight is 340 g/mol. The Morgan fingerprint density at radius 1 is 1.16 bits per heavy atom. The highest BCUT2D eigenvalue weighted by Gasteiger charge is 2.36. The first-order valence-electron chi connectivity index (χ1n) is 9.84. The molecule has 6 nitrogen and oxygen atoms in total. The van der Waals surface area contributed by atoms with Gasteiger partial charge in [0.2, 0.25) is 0 Å². The van der Waals surface area contributed by atoms with Gasteiger partial charge in [0, 0.05) is 24.8 Å². The number of aromatic nitrogens is 3. The van der Waals surface area contributed by atoms with Crippen molar-refractivity contribution >= 4 is 0 Å². The van der Waals surface area contributed by atoms with Crippen LogP contribution in [0.3, 0.4) is 0 Å². The maximum atomic E-state index is 4.41. The molecule has 6 heteroatoms. The summed E-state index contributed by atoms with van der Waals surface area (Å²) in [6, 6.07) is 2.46. The van der Waals surface area contributed by atoms with Gasteiger partial charge in [-0.1, -0.05) is 6.92 Å². The number of hydrogen-bond donors (Lipinski definition) is 2. The molecular weight excluding hydrogens is 312 g/mol. The van der Waals surface area contributed by atoms with Gasteiger partial charge in [-0.3, -0.25) is 5.53 Å². The standard InChI is InChI=1S/C19H28N6/c1-13-7-9-24(10-13)11-14-2-4-15(5-3-14)17-18-16-6-8-20-19(16)21-12-25(18)23-22-17/h6,8,12-15,17,22-23H,2-5,7,9-11H2,1H3. The minimum atomic E-state index is 0.363. The van der Waals surface area contributed by atoms with E-state index >= 15 is 0 Å². The molecule has 0 spiro atoms. The molecule has 5 rings (SSSR count). The molecule has 5 aliphatic rings. The second-order valence-corrected chi connectivity index (χ2v) is 8.35. The Balaban J connectivity index is 1.25. The van der Waals surface area contributed by atoms with E-state index in [4.69, 9.17) is 0 Å². The van der Waals surface area contributed by atoms with Crippen molar-refractivity contribution in [1.29, 1.82) is 0 Å². The van der Waals surface area contributed by atoms with Crippen LogP contribution >= 0.6 is 0 Å². The highest BCUT2D eigenvalue weighted by molar-refractivity contribution is 5.61. The zero-order chi connectivity index (χ0) is 16.8. The monoisotopic (exact) mass is 340 g/mol. The molecule has 1 saturated carbocycles. The molecule has 2 atom stereocenters. The summed E-state index contributed by atoms with van der Waals surface area (Å²) in [5.41, 5.74) is 9.26. The van der Waals surface area contributed by atoms with Crippen molar-refractivity contribution in [3.05, 3.63) is 24.3 Å². The van der Waals surface area contributed by atoms with E-state index in [1.165, 1.54) is 63.0 Å². The molecule has 0 amide bonds. The van der Waals surface area contributed by atoms with Crippen LogP contribution in [0.25, 0.3) is 11.4 Å². The van der Waals surface area contributed by atoms with Crippen LogP contribution in [0.2, 0.25) is 0 Å². The number of hydrogen-bond acceptors (Lipinski definition) is 5. The van der Waals surface area contributed by atoms with E-state index in [1.807, 2.05) is 17.2 Å². The van der Waals surface area contributed by atoms with Gasteiger partial charge >= 0.3 is 0 Å². The largest absolute Gasteiger partial charge is 0.303 e. The number of rotatable bonds is 3. The van der Waals surface area contributed by atoms with E-state index in [-0.39, 0.29) is 0 Å². The van der Waals surface area contributed by atoms with Crippen molar-refractivity contribution < 1.29 is 0 Å². The third-order valence-electron chi connectivity index (χ3n) is 6.53. The van der Waals surface area contributed by atoms with Gasteiger partial charge in [-0.25, -0.2) is 20.1 Å².